The van der Waals surface area contributed by atoms with Crippen LogP contribution in [0, 0.1) is 0 Å². The number of aromatic nitrogens is 3. The van der Waals surface area contributed by atoms with Crippen LogP contribution >= 0.6 is 0 Å². The Hall–Kier alpha value is -2.17. The lowest BCUT2D eigenvalue weighted by atomic mass is 9.92. The van der Waals surface area contributed by atoms with Crippen molar-refractivity contribution < 1.29 is 4.79 Å². The number of amides is 1. The standard InChI is InChI=1S/C16H18N4O/c21-16(20-9-8-17-10-20)19-15-11-4-1-2-6-13(11)18-14-7-3-5-12(14)15/h8-10H,1-7H2,(H,18,19,21). The van der Waals surface area contributed by atoms with Crippen molar-refractivity contribution in [1.29, 1.82) is 0 Å². The maximum absolute atomic E-state index is 12.4. The highest BCUT2D eigenvalue weighted by atomic mass is 16.2. The van der Waals surface area contributed by atoms with Crippen molar-refractivity contribution in [3.05, 3.63) is 41.2 Å². The molecule has 0 aliphatic heterocycles. The van der Waals surface area contributed by atoms with Crippen LogP contribution in [0.25, 0.3) is 0 Å². The molecule has 2 aliphatic rings. The third-order valence-corrected chi connectivity index (χ3v) is 4.47. The fourth-order valence-corrected chi connectivity index (χ4v) is 3.45. The van der Waals surface area contributed by atoms with E-state index >= 15 is 0 Å². The summed E-state index contributed by atoms with van der Waals surface area (Å²) in [4.78, 5) is 21.1. The second-order valence-corrected chi connectivity index (χ2v) is 5.80. The normalized spacial score (nSPS) is 16.4. The van der Waals surface area contributed by atoms with E-state index in [-0.39, 0.29) is 6.03 Å². The lowest BCUT2D eigenvalue weighted by Gasteiger charge is -2.22. The molecule has 1 N–H and O–H groups in total. The lowest BCUT2D eigenvalue weighted by molar-refractivity contribution is 0.253. The summed E-state index contributed by atoms with van der Waals surface area (Å²) in [6.45, 7) is 0. The summed E-state index contributed by atoms with van der Waals surface area (Å²) in [6.07, 6.45) is 12.5. The van der Waals surface area contributed by atoms with E-state index in [4.69, 9.17) is 4.98 Å². The molecule has 4 rings (SSSR count). The predicted octanol–water partition coefficient (Wildman–Crippen LogP) is 2.73. The number of imidazole rings is 1. The van der Waals surface area contributed by atoms with Gasteiger partial charge in [0.1, 0.15) is 6.33 Å². The molecule has 0 atom stereocenters. The maximum Gasteiger partial charge on any atom is 0.331 e. The van der Waals surface area contributed by atoms with E-state index in [1.807, 2.05) is 0 Å². The Labute approximate surface area is 123 Å². The van der Waals surface area contributed by atoms with Gasteiger partial charge in [0.05, 0.1) is 5.69 Å². The zero-order chi connectivity index (χ0) is 14.2. The van der Waals surface area contributed by atoms with Crippen LogP contribution in [0.4, 0.5) is 10.5 Å². The third kappa shape index (κ3) is 2.13. The quantitative estimate of drug-likeness (QED) is 0.875. The molecule has 0 fully saturated rings. The van der Waals surface area contributed by atoms with Crippen molar-refractivity contribution in [3.8, 4) is 0 Å². The number of hydrogen-bond donors (Lipinski definition) is 1. The van der Waals surface area contributed by atoms with E-state index in [0.717, 1.165) is 37.8 Å². The molecule has 2 aromatic rings. The third-order valence-electron chi connectivity index (χ3n) is 4.47. The second kappa shape index (κ2) is 4.98. The van der Waals surface area contributed by atoms with Gasteiger partial charge in [-0.05, 0) is 56.1 Å². The molecule has 0 bridgehead atoms. The van der Waals surface area contributed by atoms with Crippen molar-refractivity contribution in [2.24, 2.45) is 0 Å². The molecule has 0 radical (unpaired) electrons. The van der Waals surface area contributed by atoms with Crippen molar-refractivity contribution in [1.82, 2.24) is 14.5 Å². The molecular weight excluding hydrogens is 264 g/mol. The smallest absolute Gasteiger partial charge is 0.307 e. The largest absolute Gasteiger partial charge is 0.331 e. The van der Waals surface area contributed by atoms with Crippen LogP contribution in [-0.4, -0.2) is 20.6 Å². The minimum absolute atomic E-state index is 0.138. The highest BCUT2D eigenvalue weighted by Gasteiger charge is 2.25. The van der Waals surface area contributed by atoms with Crippen LogP contribution in [0.5, 0.6) is 0 Å². The van der Waals surface area contributed by atoms with Crippen LogP contribution in [0.1, 0.15) is 41.8 Å². The molecule has 1 amide bonds. The van der Waals surface area contributed by atoms with Gasteiger partial charge in [0.2, 0.25) is 0 Å². The molecule has 5 heteroatoms. The molecular formula is C16H18N4O. The van der Waals surface area contributed by atoms with Gasteiger partial charge in [0.15, 0.2) is 0 Å². The summed E-state index contributed by atoms with van der Waals surface area (Å²) in [6, 6.07) is -0.138. The first-order valence-corrected chi connectivity index (χ1v) is 7.66. The van der Waals surface area contributed by atoms with Gasteiger partial charge < -0.3 is 5.32 Å². The maximum atomic E-state index is 12.4. The number of fused-ring (bicyclic) bond motifs is 2. The molecule has 108 valence electrons. The fourth-order valence-electron chi connectivity index (χ4n) is 3.45. The summed E-state index contributed by atoms with van der Waals surface area (Å²) < 4.78 is 1.48. The molecule has 0 unspecified atom stereocenters. The summed E-state index contributed by atoms with van der Waals surface area (Å²) in [7, 11) is 0. The molecule has 0 saturated carbocycles. The Morgan fingerprint density at radius 2 is 1.76 bits per heavy atom. The monoisotopic (exact) mass is 282 g/mol. The highest BCUT2D eigenvalue weighted by Crippen LogP contribution is 2.35. The summed E-state index contributed by atoms with van der Waals surface area (Å²) in [5, 5.41) is 3.12. The molecule has 21 heavy (non-hydrogen) atoms. The van der Waals surface area contributed by atoms with E-state index in [1.54, 1.807) is 12.4 Å². The molecule has 0 saturated heterocycles. The fraction of sp³-hybridized carbons (Fsp3) is 0.438. The van der Waals surface area contributed by atoms with Gasteiger partial charge in [-0.1, -0.05) is 0 Å². The number of carbonyl (C=O) groups is 1. The van der Waals surface area contributed by atoms with Crippen molar-refractivity contribution in [2.75, 3.05) is 5.32 Å². The molecule has 0 aromatic carbocycles. The van der Waals surface area contributed by atoms with Gasteiger partial charge in [0.25, 0.3) is 0 Å². The SMILES string of the molecule is O=C(Nc1c2c(nc3c1CCC3)CCCC2)n1ccnc1. The van der Waals surface area contributed by atoms with Gasteiger partial charge in [-0.25, -0.2) is 9.78 Å². The number of anilines is 1. The molecule has 2 aliphatic carbocycles. The van der Waals surface area contributed by atoms with Gasteiger partial charge >= 0.3 is 6.03 Å². The van der Waals surface area contributed by atoms with Gasteiger partial charge in [-0.2, -0.15) is 0 Å². The van der Waals surface area contributed by atoms with E-state index in [0.29, 0.717) is 0 Å². The number of nitrogens with zero attached hydrogens (tertiary/aromatic N) is 3. The summed E-state index contributed by atoms with van der Waals surface area (Å²) >= 11 is 0. The predicted molar refractivity (Wildman–Crippen MR) is 79.5 cm³/mol. The average Bonchev–Trinajstić information content (AvgIpc) is 3.18. The Balaban J connectivity index is 1.76. The van der Waals surface area contributed by atoms with Crippen LogP contribution in [0.3, 0.4) is 0 Å². The minimum Gasteiger partial charge on any atom is -0.307 e. The van der Waals surface area contributed by atoms with Gasteiger partial charge in [0, 0.05) is 23.8 Å². The highest BCUT2D eigenvalue weighted by molar-refractivity contribution is 5.93. The van der Waals surface area contributed by atoms with Crippen molar-refractivity contribution in [2.45, 2.75) is 44.9 Å². The Bertz CT molecular complexity index is 691. The van der Waals surface area contributed by atoms with E-state index in [1.165, 1.54) is 46.3 Å². The number of rotatable bonds is 1. The first-order valence-electron chi connectivity index (χ1n) is 7.66. The molecule has 2 heterocycles. The first-order chi connectivity index (χ1) is 10.3. The van der Waals surface area contributed by atoms with E-state index < -0.39 is 0 Å². The van der Waals surface area contributed by atoms with Crippen LogP contribution in [0.2, 0.25) is 0 Å². The summed E-state index contributed by atoms with van der Waals surface area (Å²) in [5.74, 6) is 0. The van der Waals surface area contributed by atoms with E-state index in [2.05, 4.69) is 10.3 Å². The summed E-state index contributed by atoms with van der Waals surface area (Å²) in [5.41, 5.74) is 5.93. The number of nitrogens with one attached hydrogen (secondary N) is 1. The Morgan fingerprint density at radius 3 is 2.52 bits per heavy atom. The lowest BCUT2D eigenvalue weighted by Crippen LogP contribution is -2.22. The number of pyridine rings is 1. The van der Waals surface area contributed by atoms with Crippen LogP contribution in [0.15, 0.2) is 18.7 Å². The van der Waals surface area contributed by atoms with E-state index in [9.17, 15) is 4.79 Å². The molecule has 0 spiro atoms. The van der Waals surface area contributed by atoms with Crippen LogP contribution < -0.4 is 5.32 Å². The zero-order valence-corrected chi connectivity index (χ0v) is 11.9. The number of carbonyl (C=O) groups excluding carboxylic acids is 1. The van der Waals surface area contributed by atoms with Crippen molar-refractivity contribution in [3.63, 3.8) is 0 Å². The van der Waals surface area contributed by atoms with Crippen molar-refractivity contribution >= 4 is 11.7 Å². The van der Waals surface area contributed by atoms with Gasteiger partial charge in [-0.3, -0.25) is 9.55 Å². The second-order valence-electron chi connectivity index (χ2n) is 5.80. The van der Waals surface area contributed by atoms with Gasteiger partial charge in [-0.15, -0.1) is 0 Å². The average molecular weight is 282 g/mol. The Morgan fingerprint density at radius 1 is 1.05 bits per heavy atom. The molecule has 2 aromatic heterocycles. The number of aryl methyl sites for hydroxylation is 2. The number of hydrogen-bond acceptors (Lipinski definition) is 3. The topological polar surface area (TPSA) is 59.8 Å². The minimum atomic E-state index is -0.138. The van der Waals surface area contributed by atoms with Crippen LogP contribution in [-0.2, 0) is 25.7 Å². The first kappa shape index (κ1) is 12.6. The Kier molecular flexibility index (Phi) is 2.98. The zero-order valence-electron chi connectivity index (χ0n) is 11.9. The molecule has 5 nitrogen and oxygen atoms in total.